The van der Waals surface area contributed by atoms with Crippen LogP contribution < -0.4 is 10.1 Å². The van der Waals surface area contributed by atoms with Crippen molar-refractivity contribution in [1.29, 1.82) is 0 Å². The molecule has 4 aromatic rings. The molecule has 8 nitrogen and oxygen atoms in total. The van der Waals surface area contributed by atoms with Gasteiger partial charge in [0.25, 0.3) is 0 Å². The number of imidazole rings is 1. The number of ether oxygens (including phenoxy) is 2. The molecule has 8 heteroatoms. The van der Waals surface area contributed by atoms with Crippen LogP contribution in [0.25, 0.3) is 32.9 Å². The molecule has 4 atom stereocenters. The first-order chi connectivity index (χ1) is 18.7. The topological polar surface area (TPSA) is 99.7 Å². The van der Waals surface area contributed by atoms with E-state index in [9.17, 15) is 9.90 Å². The van der Waals surface area contributed by atoms with E-state index in [1.807, 2.05) is 13.8 Å². The normalized spacial score (nSPS) is 20.5. The molecule has 2 aliphatic heterocycles. The highest BCUT2D eigenvalue weighted by atomic mass is 16.5. The van der Waals surface area contributed by atoms with Crippen molar-refractivity contribution in [2.45, 2.75) is 71.5 Å². The number of carbonyl (C=O) groups excluding carboxylic acids is 1. The van der Waals surface area contributed by atoms with Gasteiger partial charge in [-0.2, -0.15) is 0 Å². The maximum absolute atomic E-state index is 12.0. The van der Waals surface area contributed by atoms with Gasteiger partial charge in [0.2, 0.25) is 0 Å². The lowest BCUT2D eigenvalue weighted by atomic mass is 9.93. The van der Waals surface area contributed by atoms with Crippen LogP contribution in [0.5, 0.6) is 5.75 Å². The minimum Gasteiger partial charge on any atom is -0.488 e. The molecule has 0 bridgehead atoms. The Balaban J connectivity index is 1.38. The Morgan fingerprint density at radius 3 is 2.77 bits per heavy atom. The highest BCUT2D eigenvalue weighted by molar-refractivity contribution is 6.07. The lowest BCUT2D eigenvalue weighted by Gasteiger charge is -2.38. The Hall–Kier alpha value is -3.62. The second-order valence-electron chi connectivity index (χ2n) is 11.3. The van der Waals surface area contributed by atoms with Gasteiger partial charge in [-0.05, 0) is 67.3 Å². The molecule has 3 N–H and O–H groups in total. The third-order valence-electron chi connectivity index (χ3n) is 8.38. The largest absolute Gasteiger partial charge is 0.488 e. The number of methoxy groups -OCH3 is 1. The molecule has 6 rings (SSSR count). The number of benzene rings is 3. The third kappa shape index (κ3) is 4.41. The lowest BCUT2D eigenvalue weighted by molar-refractivity contribution is -0.0613. The van der Waals surface area contributed by atoms with Gasteiger partial charge in [0.15, 0.2) is 0 Å². The van der Waals surface area contributed by atoms with Crippen LogP contribution in [0.2, 0.25) is 0 Å². The summed E-state index contributed by atoms with van der Waals surface area (Å²) < 4.78 is 11.0. The van der Waals surface area contributed by atoms with E-state index >= 15 is 0 Å². The number of rotatable bonds is 5. The average molecular weight is 529 g/mol. The number of aromatic amines is 1. The van der Waals surface area contributed by atoms with Gasteiger partial charge in [-0.1, -0.05) is 43.7 Å². The lowest BCUT2D eigenvalue weighted by Crippen LogP contribution is -2.55. The summed E-state index contributed by atoms with van der Waals surface area (Å²) in [6.45, 7) is 8.73. The second kappa shape index (κ2) is 9.84. The standard InChI is InChI=1S/C31H36N4O4/c1-16(2)27(34-31(37)38-5)30(36)35-18(4)7-11-25(35)29-32-24-10-8-19-13-23-21-9-6-17(3)12-20(21)15-39-26(23)14-22(19)28(24)33-29/h6,8-10,12-14,16,18,25,27,30,36H,7,11,15H2,1-5H3,(H,32,33)(H,34,37)/t18-,25-,27-,30?/m0/s1. The van der Waals surface area contributed by atoms with Crippen molar-refractivity contribution in [2.75, 3.05) is 7.11 Å². The van der Waals surface area contributed by atoms with Crippen molar-refractivity contribution >= 4 is 27.9 Å². The van der Waals surface area contributed by atoms with Crippen LogP contribution in [0.3, 0.4) is 0 Å². The molecule has 1 amide bonds. The first-order valence-corrected chi connectivity index (χ1v) is 13.7. The van der Waals surface area contributed by atoms with E-state index < -0.39 is 18.4 Å². The van der Waals surface area contributed by atoms with Crippen molar-refractivity contribution in [3.8, 4) is 16.9 Å². The number of aliphatic hydroxyl groups is 1. The molecule has 39 heavy (non-hydrogen) atoms. The number of carbonyl (C=O) groups is 1. The summed E-state index contributed by atoms with van der Waals surface area (Å²) in [7, 11) is 1.33. The van der Waals surface area contributed by atoms with E-state index in [4.69, 9.17) is 14.5 Å². The predicted octanol–water partition coefficient (Wildman–Crippen LogP) is 5.81. The van der Waals surface area contributed by atoms with Crippen molar-refractivity contribution in [1.82, 2.24) is 20.2 Å². The Morgan fingerprint density at radius 2 is 2.00 bits per heavy atom. The molecular weight excluding hydrogens is 492 g/mol. The van der Waals surface area contributed by atoms with E-state index in [2.05, 4.69) is 71.5 Å². The first-order valence-electron chi connectivity index (χ1n) is 13.7. The quantitative estimate of drug-likeness (QED) is 0.302. The molecule has 2 aliphatic rings. The van der Waals surface area contributed by atoms with Crippen molar-refractivity contribution in [3.63, 3.8) is 0 Å². The molecular formula is C31H36N4O4. The van der Waals surface area contributed by atoms with Crippen molar-refractivity contribution < 1.29 is 19.4 Å². The SMILES string of the molecule is COC(=O)N[C@@H](C(C)C)C(O)N1[C@@H](C)CC[C@H]1c1nc2c(ccc3cc4c(cc32)OCc2cc(C)ccc2-4)[nH]1. The summed E-state index contributed by atoms with van der Waals surface area (Å²) in [6, 6.07) is 14.6. The fourth-order valence-corrected chi connectivity index (χ4v) is 6.29. The van der Waals surface area contributed by atoms with E-state index in [1.54, 1.807) is 0 Å². The monoisotopic (exact) mass is 528 g/mol. The van der Waals surface area contributed by atoms with Crippen LogP contribution in [-0.2, 0) is 11.3 Å². The molecule has 0 saturated carbocycles. The third-order valence-corrected chi connectivity index (χ3v) is 8.38. The van der Waals surface area contributed by atoms with E-state index in [0.717, 1.165) is 51.8 Å². The summed E-state index contributed by atoms with van der Waals surface area (Å²) in [6.07, 6.45) is 0.339. The number of nitrogens with zero attached hydrogens (tertiary/aromatic N) is 2. The van der Waals surface area contributed by atoms with E-state index in [-0.39, 0.29) is 18.0 Å². The van der Waals surface area contributed by atoms with Crippen LogP contribution in [-0.4, -0.2) is 51.5 Å². The number of amides is 1. The minimum atomic E-state index is -0.888. The first kappa shape index (κ1) is 25.6. The van der Waals surface area contributed by atoms with Crippen LogP contribution >= 0.6 is 0 Å². The molecule has 0 aliphatic carbocycles. The molecule has 204 valence electrons. The van der Waals surface area contributed by atoms with Crippen LogP contribution in [0.15, 0.2) is 42.5 Å². The average Bonchev–Trinajstić information content (AvgIpc) is 3.53. The van der Waals surface area contributed by atoms with E-state index in [1.165, 1.54) is 23.8 Å². The highest BCUT2D eigenvalue weighted by Gasteiger charge is 2.42. The van der Waals surface area contributed by atoms with Crippen LogP contribution in [0, 0.1) is 12.8 Å². The number of alkyl carbamates (subject to hydrolysis) is 1. The van der Waals surface area contributed by atoms with Gasteiger partial charge >= 0.3 is 6.09 Å². The summed E-state index contributed by atoms with van der Waals surface area (Å²) >= 11 is 0. The van der Waals surface area contributed by atoms with Gasteiger partial charge in [-0.25, -0.2) is 9.78 Å². The molecule has 0 radical (unpaired) electrons. The molecule has 3 heterocycles. The molecule has 1 saturated heterocycles. The zero-order valence-electron chi connectivity index (χ0n) is 23.1. The Labute approximate surface area is 228 Å². The zero-order chi connectivity index (χ0) is 27.4. The number of aryl methyl sites for hydroxylation is 1. The Kier molecular flexibility index (Phi) is 6.47. The summed E-state index contributed by atoms with van der Waals surface area (Å²) in [5.41, 5.74) is 6.61. The van der Waals surface area contributed by atoms with Gasteiger partial charge in [-0.3, -0.25) is 4.90 Å². The Bertz CT molecular complexity index is 1560. The van der Waals surface area contributed by atoms with Crippen LogP contribution in [0.4, 0.5) is 4.79 Å². The smallest absolute Gasteiger partial charge is 0.407 e. The van der Waals surface area contributed by atoms with E-state index in [0.29, 0.717) is 6.61 Å². The van der Waals surface area contributed by atoms with Gasteiger partial charge in [0, 0.05) is 17.0 Å². The minimum absolute atomic E-state index is 0.00684. The molecule has 1 unspecified atom stereocenters. The Morgan fingerprint density at radius 1 is 1.18 bits per heavy atom. The number of H-pyrrole nitrogens is 1. The zero-order valence-corrected chi connectivity index (χ0v) is 23.1. The fraction of sp³-hybridized carbons (Fsp3) is 0.419. The number of hydrogen-bond acceptors (Lipinski definition) is 6. The maximum Gasteiger partial charge on any atom is 0.407 e. The molecule has 1 aromatic heterocycles. The number of likely N-dealkylation sites (tertiary alicyclic amines) is 1. The van der Waals surface area contributed by atoms with Gasteiger partial charge < -0.3 is 24.9 Å². The van der Waals surface area contributed by atoms with Crippen molar-refractivity contribution in [3.05, 3.63) is 59.4 Å². The summed E-state index contributed by atoms with van der Waals surface area (Å²) in [5, 5.41) is 16.5. The van der Waals surface area contributed by atoms with Gasteiger partial charge in [0.05, 0.1) is 30.2 Å². The molecule has 0 spiro atoms. The highest BCUT2D eigenvalue weighted by Crippen LogP contribution is 2.43. The number of aliphatic hydroxyl groups excluding tert-OH is 1. The van der Waals surface area contributed by atoms with Gasteiger partial charge in [0.1, 0.15) is 24.4 Å². The number of hydrogen-bond donors (Lipinski definition) is 3. The fourth-order valence-electron chi connectivity index (χ4n) is 6.29. The number of fused-ring (bicyclic) bond motifs is 6. The van der Waals surface area contributed by atoms with Crippen molar-refractivity contribution in [2.24, 2.45) is 5.92 Å². The molecule has 3 aromatic carbocycles. The molecule has 1 fully saturated rings. The predicted molar refractivity (Wildman–Crippen MR) is 152 cm³/mol. The number of aromatic nitrogens is 2. The number of nitrogens with one attached hydrogen (secondary N) is 2. The second-order valence-corrected chi connectivity index (χ2v) is 11.3. The maximum atomic E-state index is 12.0. The van der Waals surface area contributed by atoms with Crippen LogP contribution in [0.1, 0.15) is 56.6 Å². The summed E-state index contributed by atoms with van der Waals surface area (Å²) in [4.78, 5) is 22.7. The van der Waals surface area contributed by atoms with Gasteiger partial charge in [-0.15, -0.1) is 0 Å². The summed E-state index contributed by atoms with van der Waals surface area (Å²) in [5.74, 6) is 1.70.